The van der Waals surface area contributed by atoms with E-state index in [1.807, 2.05) is 24.3 Å². The van der Waals surface area contributed by atoms with Gasteiger partial charge in [0.05, 0.1) is 38.0 Å². The van der Waals surface area contributed by atoms with Crippen LogP contribution in [0.3, 0.4) is 0 Å². The number of fused-ring (bicyclic) bond motifs is 13. The highest BCUT2D eigenvalue weighted by Crippen LogP contribution is 2.58. The van der Waals surface area contributed by atoms with Gasteiger partial charge in [0, 0.05) is 48.8 Å². The molecule has 4 aromatic carbocycles. The summed E-state index contributed by atoms with van der Waals surface area (Å²) in [6, 6.07) is 17.4. The van der Waals surface area contributed by atoms with Crippen molar-refractivity contribution in [3.8, 4) is 51.7 Å². The number of aromatic hydroxyl groups is 2. The molecule has 12 nitrogen and oxygen atoms in total. The topological polar surface area (TPSA) is 166 Å². The Labute approximate surface area is 374 Å². The summed E-state index contributed by atoms with van der Waals surface area (Å²) in [6.45, 7) is 3.63. The molecule has 336 valence electrons. The number of aliphatic hydroxyl groups is 2. The zero-order valence-corrected chi connectivity index (χ0v) is 36.6. The van der Waals surface area contributed by atoms with Crippen LogP contribution >= 0.6 is 0 Å². The Hall–Kier alpha value is -5.13. The number of hydrogen-bond acceptors (Lipinski definition) is 12. The summed E-state index contributed by atoms with van der Waals surface area (Å²) in [6.07, 6.45) is 9.76. The minimum Gasteiger partial charge on any atom is -0.508 e. The van der Waals surface area contributed by atoms with Gasteiger partial charge in [0.15, 0.2) is 17.6 Å². The molecule has 0 amide bonds. The molecular weight excluding hydrogens is 809 g/mol. The Morgan fingerprint density at radius 1 is 0.953 bits per heavy atom. The van der Waals surface area contributed by atoms with Crippen LogP contribution in [0.25, 0.3) is 17.2 Å². The van der Waals surface area contributed by atoms with Gasteiger partial charge in [-0.2, -0.15) is 0 Å². The van der Waals surface area contributed by atoms with Crippen LogP contribution in [0.5, 0.6) is 28.7 Å². The lowest BCUT2D eigenvalue weighted by Gasteiger charge is -2.49. The maximum absolute atomic E-state index is 11.0. The lowest BCUT2D eigenvalue weighted by molar-refractivity contribution is -0.144. The molecule has 4 heterocycles. The van der Waals surface area contributed by atoms with E-state index >= 15 is 0 Å². The first-order valence-electron chi connectivity index (χ1n) is 23.3. The van der Waals surface area contributed by atoms with Crippen LogP contribution in [0.2, 0.25) is 0 Å². The van der Waals surface area contributed by atoms with Crippen molar-refractivity contribution in [3.63, 3.8) is 0 Å². The summed E-state index contributed by atoms with van der Waals surface area (Å²) in [4.78, 5) is 4.63. The maximum atomic E-state index is 11.0. The van der Waals surface area contributed by atoms with Crippen LogP contribution in [0.15, 0.2) is 59.6 Å². The van der Waals surface area contributed by atoms with Crippen LogP contribution in [0, 0.1) is 11.8 Å². The highest BCUT2D eigenvalue weighted by molar-refractivity contribution is 5.85. The first-order chi connectivity index (χ1) is 31.3. The zero-order valence-electron chi connectivity index (χ0n) is 36.6. The van der Waals surface area contributed by atoms with Crippen LogP contribution < -0.4 is 40.7 Å². The minimum atomic E-state index is -1.14. The smallest absolute Gasteiger partial charge is 0.161 e. The standard InChI is InChI=1S/C52H60N4O8/c1-31(58)27-53-29-55-47-9-5-6-20-61-46-24-34(11-17-45(46)60)51-52(47,62-30-56-36-7-3-2-4-8-36)26-43-42-23-35(22-32-10-16-44-33(21-32)18-19-54-44)41-25-37(59)12-14-39(41)48(42)50-40(49(43)64-51)15-13-38(28-57)63-50/h10-12,14,16-18,21,24-25,31,35-36,38,47,51,53,55-60H,2-4,6-8,13,15,19-20,22-23,26-30H2,1H3. The number of aliphatic hydroxyl groups excluding tert-OH is 2. The van der Waals surface area contributed by atoms with E-state index in [1.165, 1.54) is 24.8 Å². The van der Waals surface area contributed by atoms with E-state index in [9.17, 15) is 20.4 Å². The van der Waals surface area contributed by atoms with Gasteiger partial charge in [-0.15, -0.1) is 0 Å². The second kappa shape index (κ2) is 18.4. The molecule has 7 N–H and O–H groups in total. The lowest BCUT2D eigenvalue weighted by Crippen LogP contribution is -2.62. The number of nitrogens with zero attached hydrogens (tertiary/aromatic N) is 1. The molecular formula is C52H60N4O8. The maximum Gasteiger partial charge on any atom is 0.161 e. The van der Waals surface area contributed by atoms with Crippen LogP contribution in [0.4, 0.5) is 0 Å². The van der Waals surface area contributed by atoms with E-state index < -0.39 is 23.9 Å². The third-order valence-corrected chi connectivity index (χ3v) is 14.1. The monoisotopic (exact) mass is 868 g/mol. The average Bonchev–Trinajstić information content (AvgIpc) is 3.77. The molecule has 2 bridgehead atoms. The molecule has 12 heteroatoms. The Bertz CT molecular complexity index is 2580. The van der Waals surface area contributed by atoms with Gasteiger partial charge in [-0.3, -0.25) is 15.6 Å². The van der Waals surface area contributed by atoms with Gasteiger partial charge in [0.1, 0.15) is 35.0 Å². The molecule has 0 saturated heterocycles. The largest absolute Gasteiger partial charge is 0.508 e. The van der Waals surface area contributed by atoms with Crippen LogP contribution in [-0.2, 0) is 30.4 Å². The fraction of sp³-hybridized carbons (Fsp3) is 0.481. The van der Waals surface area contributed by atoms with Gasteiger partial charge in [-0.05, 0) is 121 Å². The highest BCUT2D eigenvalue weighted by Gasteiger charge is 2.54. The molecule has 64 heavy (non-hydrogen) atoms. The van der Waals surface area contributed by atoms with Crippen molar-refractivity contribution in [1.82, 2.24) is 16.0 Å². The predicted molar refractivity (Wildman–Crippen MR) is 243 cm³/mol. The molecule has 6 aliphatic rings. The van der Waals surface area contributed by atoms with Crippen molar-refractivity contribution < 1.29 is 39.4 Å². The third-order valence-electron chi connectivity index (χ3n) is 14.1. The summed E-state index contributed by atoms with van der Waals surface area (Å²) in [7, 11) is 0. The van der Waals surface area contributed by atoms with Gasteiger partial charge in [-0.25, -0.2) is 0 Å². The first kappa shape index (κ1) is 42.8. The lowest BCUT2D eigenvalue weighted by atomic mass is 9.69. The van der Waals surface area contributed by atoms with E-state index in [4.69, 9.17) is 18.9 Å². The minimum absolute atomic E-state index is 0.00400. The van der Waals surface area contributed by atoms with Gasteiger partial charge < -0.3 is 44.7 Å². The summed E-state index contributed by atoms with van der Waals surface area (Å²) >= 11 is 0. The van der Waals surface area contributed by atoms with Crippen LogP contribution in [-0.4, -0.2) is 90.0 Å². The Kier molecular flexibility index (Phi) is 12.3. The first-order valence-corrected chi connectivity index (χ1v) is 23.3. The molecule has 10 rings (SSSR count). The van der Waals surface area contributed by atoms with Crippen LogP contribution in [0.1, 0.15) is 97.3 Å². The number of phenols is 2. The predicted octanol–water partition coefficient (Wildman–Crippen LogP) is 4.73. The molecule has 2 aliphatic carbocycles. The van der Waals surface area contributed by atoms with Crippen molar-refractivity contribution in [2.75, 3.05) is 39.7 Å². The van der Waals surface area contributed by atoms with Crippen molar-refractivity contribution in [2.45, 2.75) is 119 Å². The second-order valence-electron chi connectivity index (χ2n) is 18.5. The summed E-state index contributed by atoms with van der Waals surface area (Å²) in [5.41, 5.74) is 6.95. The summed E-state index contributed by atoms with van der Waals surface area (Å²) < 4.78 is 28.0. The fourth-order valence-electron chi connectivity index (χ4n) is 10.9. The molecule has 1 fully saturated rings. The van der Waals surface area contributed by atoms with Gasteiger partial charge in [-0.1, -0.05) is 55.4 Å². The summed E-state index contributed by atoms with van der Waals surface area (Å²) in [5, 5.41) is 55.8. The molecule has 6 unspecified atom stereocenters. The van der Waals surface area contributed by atoms with Crippen molar-refractivity contribution in [2.24, 2.45) is 4.99 Å². The van der Waals surface area contributed by atoms with Crippen molar-refractivity contribution in [3.05, 3.63) is 98.6 Å². The Morgan fingerprint density at radius 2 is 1.84 bits per heavy atom. The van der Waals surface area contributed by atoms with Crippen molar-refractivity contribution in [1.29, 1.82) is 0 Å². The normalized spacial score (nSPS) is 24.7. The molecule has 0 spiro atoms. The molecule has 0 aromatic heterocycles. The second-order valence-corrected chi connectivity index (χ2v) is 18.5. The van der Waals surface area contributed by atoms with Gasteiger partial charge >= 0.3 is 0 Å². The van der Waals surface area contributed by atoms with Gasteiger partial charge in [0.25, 0.3) is 0 Å². The van der Waals surface area contributed by atoms with E-state index in [0.29, 0.717) is 69.4 Å². The van der Waals surface area contributed by atoms with E-state index in [2.05, 4.69) is 57.1 Å². The van der Waals surface area contributed by atoms with E-state index in [0.717, 1.165) is 74.5 Å². The number of rotatable bonds is 12. The average molecular weight is 869 g/mol. The molecule has 1 saturated carbocycles. The number of ether oxygens (including phenoxy) is 4. The number of nitrogens with one attached hydrogen (secondary N) is 3. The zero-order chi connectivity index (χ0) is 43.8. The SMILES string of the molecule is CC(O)CNCNC1C#CCCOc2cc(ccc2O)C2Oc3c(c4c(c5c3CCC(CO)O5)-c3ccc(O)cc3C(Cc3ccc5c(c3)=CCN=5)C4)CC12OCNC1CCCCC1. The number of benzene rings is 4. The highest BCUT2D eigenvalue weighted by atomic mass is 16.6. The van der Waals surface area contributed by atoms with Gasteiger partial charge in [0.2, 0.25) is 0 Å². The number of phenolic OH excluding ortho intramolecular Hbond substituents is 2. The molecule has 6 atom stereocenters. The van der Waals surface area contributed by atoms with Crippen molar-refractivity contribution >= 4 is 6.08 Å². The Balaban J connectivity index is 1.17. The molecule has 0 radical (unpaired) electrons. The molecule has 4 aromatic rings. The third kappa shape index (κ3) is 8.34. The number of hydrogen-bond donors (Lipinski definition) is 7. The Morgan fingerprint density at radius 3 is 2.70 bits per heavy atom. The fourth-order valence-corrected chi connectivity index (χ4v) is 10.9. The molecule has 4 aliphatic heterocycles. The van der Waals surface area contributed by atoms with E-state index in [1.54, 1.807) is 19.1 Å². The quantitative estimate of drug-likeness (QED) is 0.0599. The summed E-state index contributed by atoms with van der Waals surface area (Å²) in [5.74, 6) is 9.07. The van der Waals surface area contributed by atoms with E-state index in [-0.39, 0.29) is 43.5 Å².